The summed E-state index contributed by atoms with van der Waals surface area (Å²) < 4.78 is 11.0. The van der Waals surface area contributed by atoms with Crippen LogP contribution in [-0.4, -0.2) is 52.2 Å². The van der Waals surface area contributed by atoms with Gasteiger partial charge in [0, 0.05) is 30.8 Å². The first-order valence-corrected chi connectivity index (χ1v) is 8.82. The van der Waals surface area contributed by atoms with Crippen LogP contribution in [0.5, 0.6) is 5.88 Å². The van der Waals surface area contributed by atoms with Gasteiger partial charge >= 0.3 is 5.97 Å². The Balaban J connectivity index is 1.81. The van der Waals surface area contributed by atoms with Crippen LogP contribution >= 0.6 is 0 Å². The molecule has 27 heavy (non-hydrogen) atoms. The van der Waals surface area contributed by atoms with E-state index in [-0.39, 0.29) is 18.6 Å². The number of carboxylic acids is 1. The number of carbonyl (C=O) groups is 2. The predicted molar refractivity (Wildman–Crippen MR) is 97.5 cm³/mol. The highest BCUT2D eigenvalue weighted by molar-refractivity contribution is 5.96. The number of benzene rings is 1. The van der Waals surface area contributed by atoms with Gasteiger partial charge in [0.1, 0.15) is 12.1 Å². The molecule has 1 aliphatic heterocycles. The van der Waals surface area contributed by atoms with Crippen LogP contribution in [-0.2, 0) is 16.1 Å². The third kappa shape index (κ3) is 4.83. The van der Waals surface area contributed by atoms with E-state index in [0.717, 1.165) is 12.0 Å². The Morgan fingerprint density at radius 1 is 1.33 bits per heavy atom. The Morgan fingerprint density at radius 3 is 2.78 bits per heavy atom. The first kappa shape index (κ1) is 18.8. The van der Waals surface area contributed by atoms with E-state index in [1.54, 1.807) is 12.1 Å². The first-order chi connectivity index (χ1) is 13.0. The Kier molecular flexibility index (Phi) is 6.03. The molecule has 3 rings (SSSR count). The third-order valence-corrected chi connectivity index (χ3v) is 4.44. The summed E-state index contributed by atoms with van der Waals surface area (Å²) in [5.74, 6) is -1.12. The Morgan fingerprint density at radius 2 is 2.11 bits per heavy atom. The number of aromatic nitrogens is 1. The van der Waals surface area contributed by atoms with Crippen LogP contribution < -0.4 is 4.74 Å². The molecule has 0 aliphatic carbocycles. The van der Waals surface area contributed by atoms with Gasteiger partial charge in [-0.2, -0.15) is 0 Å². The van der Waals surface area contributed by atoms with Crippen molar-refractivity contribution >= 4 is 11.9 Å². The van der Waals surface area contributed by atoms with Crippen molar-refractivity contribution in [1.82, 2.24) is 9.88 Å². The molecule has 1 aromatic carbocycles. The van der Waals surface area contributed by atoms with Crippen LogP contribution in [0.4, 0.5) is 0 Å². The van der Waals surface area contributed by atoms with Crippen molar-refractivity contribution in [2.75, 3.05) is 13.2 Å². The lowest BCUT2D eigenvalue weighted by Gasteiger charge is -2.27. The number of ether oxygens (including phenoxy) is 2. The molecule has 1 N–H and O–H groups in total. The second kappa shape index (κ2) is 8.64. The van der Waals surface area contributed by atoms with Gasteiger partial charge in [0.25, 0.3) is 5.91 Å². The van der Waals surface area contributed by atoms with Crippen LogP contribution in [0, 0.1) is 0 Å². The number of pyridine rings is 1. The maximum atomic E-state index is 13.0. The van der Waals surface area contributed by atoms with Gasteiger partial charge in [-0.25, -0.2) is 9.78 Å². The topological polar surface area (TPSA) is 89.0 Å². The molecule has 1 aromatic heterocycles. The number of hydrogen-bond donors (Lipinski definition) is 1. The lowest BCUT2D eigenvalue weighted by Crippen LogP contribution is -2.42. The molecular formula is C20H22N2O5. The van der Waals surface area contributed by atoms with E-state index in [1.807, 2.05) is 30.3 Å². The van der Waals surface area contributed by atoms with Crippen molar-refractivity contribution < 1.29 is 24.2 Å². The van der Waals surface area contributed by atoms with Crippen LogP contribution in [0.15, 0.2) is 48.7 Å². The average molecular weight is 370 g/mol. The van der Waals surface area contributed by atoms with Gasteiger partial charge in [0.05, 0.1) is 13.2 Å². The predicted octanol–water partition coefficient (Wildman–Crippen LogP) is 2.36. The zero-order chi connectivity index (χ0) is 19.2. The van der Waals surface area contributed by atoms with Crippen molar-refractivity contribution in [2.45, 2.75) is 32.0 Å². The van der Waals surface area contributed by atoms with E-state index in [2.05, 4.69) is 4.98 Å². The molecule has 0 radical (unpaired) electrons. The molecule has 0 bridgehead atoms. The minimum Gasteiger partial charge on any atom is -0.480 e. The van der Waals surface area contributed by atoms with Crippen molar-refractivity contribution in [3.05, 3.63) is 59.8 Å². The zero-order valence-electron chi connectivity index (χ0n) is 15.1. The van der Waals surface area contributed by atoms with Crippen molar-refractivity contribution in [3.8, 4) is 5.88 Å². The van der Waals surface area contributed by atoms with Gasteiger partial charge < -0.3 is 19.5 Å². The number of carbonyl (C=O) groups excluding carboxylic acids is 1. The van der Waals surface area contributed by atoms with Gasteiger partial charge in [0.2, 0.25) is 5.88 Å². The smallest absolute Gasteiger partial charge is 0.326 e. The lowest BCUT2D eigenvalue weighted by molar-refractivity contribution is -0.141. The number of carboxylic acid groups (broad SMARTS) is 1. The van der Waals surface area contributed by atoms with Gasteiger partial charge in [-0.3, -0.25) is 4.79 Å². The molecule has 2 unspecified atom stereocenters. The van der Waals surface area contributed by atoms with E-state index in [4.69, 9.17) is 9.47 Å². The maximum absolute atomic E-state index is 13.0. The average Bonchev–Trinajstić information content (AvgIpc) is 3.19. The lowest BCUT2D eigenvalue weighted by atomic mass is 10.1. The van der Waals surface area contributed by atoms with Crippen LogP contribution in [0.3, 0.4) is 0 Å². The van der Waals surface area contributed by atoms with Gasteiger partial charge in [-0.05, 0) is 18.6 Å². The molecule has 7 heteroatoms. The number of rotatable bonds is 7. The quantitative estimate of drug-likeness (QED) is 0.805. The summed E-state index contributed by atoms with van der Waals surface area (Å²) in [7, 11) is 0. The van der Waals surface area contributed by atoms with Crippen LogP contribution in [0.2, 0.25) is 0 Å². The van der Waals surface area contributed by atoms with Crippen molar-refractivity contribution in [2.24, 2.45) is 0 Å². The third-order valence-electron chi connectivity index (χ3n) is 4.44. The molecule has 1 fully saturated rings. The number of aliphatic carboxylic acids is 1. The number of hydrogen-bond acceptors (Lipinski definition) is 5. The summed E-state index contributed by atoms with van der Waals surface area (Å²) >= 11 is 0. The van der Waals surface area contributed by atoms with E-state index in [0.29, 0.717) is 24.7 Å². The normalized spacial score (nSPS) is 17.3. The van der Waals surface area contributed by atoms with Crippen LogP contribution in [0.1, 0.15) is 29.3 Å². The summed E-state index contributed by atoms with van der Waals surface area (Å²) in [4.78, 5) is 30.0. The van der Waals surface area contributed by atoms with Gasteiger partial charge in [0.15, 0.2) is 0 Å². The summed E-state index contributed by atoms with van der Waals surface area (Å²) in [6.07, 6.45) is 2.18. The van der Waals surface area contributed by atoms with E-state index in [1.165, 1.54) is 18.0 Å². The Hall–Kier alpha value is -2.93. The largest absolute Gasteiger partial charge is 0.480 e. The van der Waals surface area contributed by atoms with E-state index in [9.17, 15) is 14.7 Å². The first-order valence-electron chi connectivity index (χ1n) is 8.82. The second-order valence-electron chi connectivity index (χ2n) is 6.42. The molecule has 0 spiro atoms. The van der Waals surface area contributed by atoms with Gasteiger partial charge in [-0.15, -0.1) is 0 Å². The van der Waals surface area contributed by atoms with E-state index >= 15 is 0 Å². The van der Waals surface area contributed by atoms with Gasteiger partial charge in [-0.1, -0.05) is 30.3 Å². The Labute approximate surface area is 157 Å². The fourth-order valence-corrected chi connectivity index (χ4v) is 2.85. The molecule has 142 valence electrons. The Bertz CT molecular complexity index is 790. The minimum atomic E-state index is -1.06. The van der Waals surface area contributed by atoms with Crippen molar-refractivity contribution in [1.29, 1.82) is 0 Å². The summed E-state index contributed by atoms with van der Waals surface area (Å²) in [5.41, 5.74) is 1.19. The highest BCUT2D eigenvalue weighted by atomic mass is 16.5. The minimum absolute atomic E-state index is 0.0822. The van der Waals surface area contributed by atoms with Crippen molar-refractivity contribution in [3.63, 3.8) is 0 Å². The molecule has 7 nitrogen and oxygen atoms in total. The van der Waals surface area contributed by atoms with E-state index < -0.39 is 12.0 Å². The second-order valence-corrected chi connectivity index (χ2v) is 6.42. The molecule has 2 heterocycles. The SMILES string of the molecule is CC(C(=O)O)N(Cc1ccccc1)C(=O)c1ccnc(OC2CCOC2)c1. The fraction of sp³-hybridized carbons (Fsp3) is 0.350. The zero-order valence-corrected chi connectivity index (χ0v) is 15.1. The standard InChI is InChI=1S/C20H22N2O5/c1-14(20(24)25)22(12-15-5-3-2-4-6-15)19(23)16-7-9-21-18(11-16)27-17-8-10-26-13-17/h2-7,9,11,14,17H,8,10,12-13H2,1H3,(H,24,25). The number of nitrogens with zero attached hydrogens (tertiary/aromatic N) is 2. The maximum Gasteiger partial charge on any atom is 0.326 e. The highest BCUT2D eigenvalue weighted by Crippen LogP contribution is 2.19. The highest BCUT2D eigenvalue weighted by Gasteiger charge is 2.27. The fourth-order valence-electron chi connectivity index (χ4n) is 2.85. The summed E-state index contributed by atoms with van der Waals surface area (Å²) in [5, 5.41) is 9.43. The summed E-state index contributed by atoms with van der Waals surface area (Å²) in [6, 6.07) is 11.4. The molecule has 1 aliphatic rings. The molecule has 2 aromatic rings. The molecule has 1 saturated heterocycles. The molecule has 2 atom stereocenters. The molecule has 1 amide bonds. The number of amides is 1. The molecule has 0 saturated carbocycles. The summed E-state index contributed by atoms with van der Waals surface area (Å²) in [6.45, 7) is 2.83. The monoisotopic (exact) mass is 370 g/mol. The van der Waals surface area contributed by atoms with Crippen LogP contribution in [0.25, 0.3) is 0 Å². The molecular weight excluding hydrogens is 348 g/mol.